The number of benzene rings is 1. The summed E-state index contributed by atoms with van der Waals surface area (Å²) in [4.78, 5) is 23.9. The molecule has 0 radical (unpaired) electrons. The summed E-state index contributed by atoms with van der Waals surface area (Å²) in [5.74, 6) is 1.50. The largest absolute Gasteiger partial charge is 0.465 e. The van der Waals surface area contributed by atoms with Crippen molar-refractivity contribution in [3.63, 3.8) is 0 Å². The van der Waals surface area contributed by atoms with E-state index in [0.29, 0.717) is 5.56 Å². The minimum atomic E-state index is -0.363. The van der Waals surface area contributed by atoms with Gasteiger partial charge in [-0.2, -0.15) is 0 Å². The minimum absolute atomic E-state index is 0.125. The molecule has 3 rings (SSSR count). The fourth-order valence-electron chi connectivity index (χ4n) is 4.16. The molecule has 0 heterocycles. The highest BCUT2D eigenvalue weighted by Gasteiger charge is 2.34. The Hall–Kier alpha value is -1.84. The van der Waals surface area contributed by atoms with Gasteiger partial charge in [0.05, 0.1) is 12.7 Å². The summed E-state index contributed by atoms with van der Waals surface area (Å²) in [6.45, 7) is 0. The van der Waals surface area contributed by atoms with E-state index in [-0.39, 0.29) is 17.8 Å². The molecule has 0 saturated heterocycles. The molecule has 4 heteroatoms. The van der Waals surface area contributed by atoms with Crippen molar-refractivity contribution in [2.45, 2.75) is 44.9 Å². The average molecular weight is 315 g/mol. The van der Waals surface area contributed by atoms with Crippen LogP contribution in [0.25, 0.3) is 0 Å². The zero-order chi connectivity index (χ0) is 16.2. The summed E-state index contributed by atoms with van der Waals surface area (Å²) in [5.41, 5.74) is 1.24. The van der Waals surface area contributed by atoms with Crippen molar-refractivity contribution in [3.05, 3.63) is 29.8 Å². The van der Waals surface area contributed by atoms with E-state index in [1.165, 1.54) is 39.2 Å². The minimum Gasteiger partial charge on any atom is -0.465 e. The second-order valence-corrected chi connectivity index (χ2v) is 6.87. The number of amides is 1. The molecule has 0 aliphatic heterocycles. The van der Waals surface area contributed by atoms with Crippen LogP contribution in [-0.2, 0) is 9.53 Å². The number of carbonyl (C=O) groups is 2. The maximum atomic E-state index is 12.5. The lowest BCUT2D eigenvalue weighted by atomic mass is 9.67. The molecule has 2 saturated carbocycles. The Bertz CT molecular complexity index is 566. The zero-order valence-electron chi connectivity index (χ0n) is 13.7. The van der Waals surface area contributed by atoms with E-state index in [1.54, 1.807) is 24.3 Å². The maximum Gasteiger partial charge on any atom is 0.337 e. The van der Waals surface area contributed by atoms with Gasteiger partial charge in [-0.25, -0.2) is 4.79 Å². The Morgan fingerprint density at radius 2 is 1.70 bits per heavy atom. The lowest BCUT2D eigenvalue weighted by molar-refractivity contribution is -0.122. The molecular weight excluding hydrogens is 290 g/mol. The van der Waals surface area contributed by atoms with Gasteiger partial charge < -0.3 is 10.1 Å². The van der Waals surface area contributed by atoms with E-state index >= 15 is 0 Å². The van der Waals surface area contributed by atoms with E-state index < -0.39 is 0 Å². The summed E-state index contributed by atoms with van der Waals surface area (Å²) < 4.78 is 4.68. The van der Waals surface area contributed by atoms with E-state index in [4.69, 9.17) is 0 Å². The molecule has 2 aliphatic carbocycles. The number of ether oxygens (including phenoxy) is 1. The van der Waals surface area contributed by atoms with E-state index in [0.717, 1.165) is 30.4 Å². The third-order valence-corrected chi connectivity index (χ3v) is 5.48. The molecule has 1 amide bonds. The van der Waals surface area contributed by atoms with Crippen LogP contribution in [0.3, 0.4) is 0 Å². The van der Waals surface area contributed by atoms with Gasteiger partial charge in [0, 0.05) is 11.6 Å². The van der Waals surface area contributed by atoms with Crippen LogP contribution in [0.2, 0.25) is 0 Å². The molecule has 23 heavy (non-hydrogen) atoms. The SMILES string of the molecule is COC(=O)c1ccc(NC(=O)C2CCC3CCCCC3C2)cc1. The van der Waals surface area contributed by atoms with Gasteiger partial charge in [-0.15, -0.1) is 0 Å². The third-order valence-electron chi connectivity index (χ3n) is 5.48. The fraction of sp³-hybridized carbons (Fsp3) is 0.579. The predicted octanol–water partition coefficient (Wildman–Crippen LogP) is 4.02. The maximum absolute atomic E-state index is 12.5. The monoisotopic (exact) mass is 315 g/mol. The number of esters is 1. The molecule has 124 valence electrons. The van der Waals surface area contributed by atoms with Gasteiger partial charge in [-0.3, -0.25) is 4.79 Å². The number of nitrogens with one attached hydrogen (secondary N) is 1. The van der Waals surface area contributed by atoms with Gasteiger partial charge in [-0.1, -0.05) is 25.7 Å². The van der Waals surface area contributed by atoms with Crippen molar-refractivity contribution in [3.8, 4) is 0 Å². The molecule has 3 atom stereocenters. The van der Waals surface area contributed by atoms with E-state index in [1.807, 2.05) is 0 Å². The highest BCUT2D eigenvalue weighted by Crippen LogP contribution is 2.42. The van der Waals surface area contributed by atoms with Crippen LogP contribution in [0.15, 0.2) is 24.3 Å². The summed E-state index contributed by atoms with van der Waals surface area (Å²) in [7, 11) is 1.36. The van der Waals surface area contributed by atoms with E-state index in [9.17, 15) is 9.59 Å². The highest BCUT2D eigenvalue weighted by molar-refractivity contribution is 5.94. The standard InChI is InChI=1S/C19H25NO3/c1-23-19(22)14-8-10-17(11-9-14)20-18(21)16-7-6-13-4-2-3-5-15(13)12-16/h8-11,13,15-16H,2-7,12H2,1H3,(H,20,21). The molecule has 1 aromatic carbocycles. The molecule has 4 nitrogen and oxygen atoms in total. The second-order valence-electron chi connectivity index (χ2n) is 6.87. The van der Waals surface area contributed by atoms with Crippen LogP contribution < -0.4 is 5.32 Å². The first-order chi connectivity index (χ1) is 11.2. The van der Waals surface area contributed by atoms with Crippen molar-refractivity contribution in [2.24, 2.45) is 17.8 Å². The van der Waals surface area contributed by atoms with Crippen molar-refractivity contribution in [1.29, 1.82) is 0 Å². The molecule has 0 spiro atoms. The number of rotatable bonds is 3. The van der Waals surface area contributed by atoms with Crippen LogP contribution in [0.4, 0.5) is 5.69 Å². The molecule has 0 aromatic heterocycles. The molecule has 2 aliphatic rings. The smallest absolute Gasteiger partial charge is 0.337 e. The first-order valence-corrected chi connectivity index (χ1v) is 8.66. The predicted molar refractivity (Wildman–Crippen MR) is 89.2 cm³/mol. The Labute approximate surface area is 137 Å². The van der Waals surface area contributed by atoms with Crippen molar-refractivity contribution >= 4 is 17.6 Å². The molecule has 0 bridgehead atoms. The van der Waals surface area contributed by atoms with Gasteiger partial charge in [-0.05, 0) is 55.4 Å². The number of carbonyl (C=O) groups excluding carboxylic acids is 2. The van der Waals surface area contributed by atoms with Crippen LogP contribution >= 0.6 is 0 Å². The normalized spacial score (nSPS) is 26.9. The van der Waals surface area contributed by atoms with Gasteiger partial charge in [0.2, 0.25) is 5.91 Å². The average Bonchev–Trinajstić information content (AvgIpc) is 2.61. The zero-order valence-corrected chi connectivity index (χ0v) is 13.7. The molecular formula is C19H25NO3. The van der Waals surface area contributed by atoms with Crippen LogP contribution in [0.5, 0.6) is 0 Å². The highest BCUT2D eigenvalue weighted by atomic mass is 16.5. The number of fused-ring (bicyclic) bond motifs is 1. The fourth-order valence-corrected chi connectivity index (χ4v) is 4.16. The summed E-state index contributed by atoms with van der Waals surface area (Å²) in [5, 5.41) is 3.00. The lowest BCUT2D eigenvalue weighted by Crippen LogP contribution is -2.33. The lowest BCUT2D eigenvalue weighted by Gasteiger charge is -2.38. The molecule has 1 N–H and O–H groups in total. The topological polar surface area (TPSA) is 55.4 Å². The number of methoxy groups -OCH3 is 1. The Morgan fingerprint density at radius 3 is 2.39 bits per heavy atom. The van der Waals surface area contributed by atoms with Gasteiger partial charge in [0.1, 0.15) is 0 Å². The molecule has 1 aromatic rings. The Balaban J connectivity index is 1.57. The second kappa shape index (κ2) is 7.16. The first-order valence-electron chi connectivity index (χ1n) is 8.66. The summed E-state index contributed by atoms with van der Waals surface area (Å²) >= 11 is 0. The molecule has 2 fully saturated rings. The Kier molecular flexibility index (Phi) is 4.99. The third kappa shape index (κ3) is 3.74. The quantitative estimate of drug-likeness (QED) is 0.857. The number of hydrogen-bond donors (Lipinski definition) is 1. The van der Waals surface area contributed by atoms with Crippen LogP contribution in [0.1, 0.15) is 55.3 Å². The summed E-state index contributed by atoms with van der Waals surface area (Å²) in [6.07, 6.45) is 8.58. The van der Waals surface area contributed by atoms with Crippen molar-refractivity contribution in [1.82, 2.24) is 0 Å². The van der Waals surface area contributed by atoms with Gasteiger partial charge in [0.15, 0.2) is 0 Å². The van der Waals surface area contributed by atoms with Gasteiger partial charge >= 0.3 is 5.97 Å². The first kappa shape index (κ1) is 16.0. The number of anilines is 1. The molecule has 3 unspecified atom stereocenters. The van der Waals surface area contributed by atoms with E-state index in [2.05, 4.69) is 10.1 Å². The van der Waals surface area contributed by atoms with Crippen molar-refractivity contribution in [2.75, 3.05) is 12.4 Å². The van der Waals surface area contributed by atoms with Gasteiger partial charge in [0.25, 0.3) is 0 Å². The Morgan fingerprint density at radius 1 is 1.00 bits per heavy atom. The summed E-state index contributed by atoms with van der Waals surface area (Å²) in [6, 6.07) is 6.88. The van der Waals surface area contributed by atoms with Crippen LogP contribution in [0, 0.1) is 17.8 Å². The van der Waals surface area contributed by atoms with Crippen molar-refractivity contribution < 1.29 is 14.3 Å². The van der Waals surface area contributed by atoms with Crippen LogP contribution in [-0.4, -0.2) is 19.0 Å². The number of hydrogen-bond acceptors (Lipinski definition) is 3.